The van der Waals surface area contributed by atoms with Crippen molar-refractivity contribution >= 4 is 29.0 Å². The average Bonchev–Trinajstić information content (AvgIpc) is 3.36. The molecule has 1 amide bonds. The smallest absolute Gasteiger partial charge is 0.230 e. The standard InChI is InChI=1S/C21H27N5OS2/c1-15(2)13-17-6-8-18(9-7-17)16(3)22-20(27)14-29-21-23-24-25-26(21)11-10-19-5-4-12-28-19/h4-9,12,15-16H,10-11,13-14H2,1-3H3,(H,22,27)/t16-/m1/s1. The third-order valence-electron chi connectivity index (χ3n) is 4.48. The van der Waals surface area contributed by atoms with Crippen molar-refractivity contribution in [3.8, 4) is 0 Å². The van der Waals surface area contributed by atoms with E-state index in [9.17, 15) is 4.79 Å². The van der Waals surface area contributed by atoms with Gasteiger partial charge in [0.15, 0.2) is 0 Å². The molecule has 2 aromatic heterocycles. The summed E-state index contributed by atoms with van der Waals surface area (Å²) in [6, 6.07) is 12.6. The van der Waals surface area contributed by atoms with Crippen LogP contribution in [0.15, 0.2) is 46.9 Å². The van der Waals surface area contributed by atoms with Crippen LogP contribution >= 0.6 is 23.1 Å². The number of benzene rings is 1. The van der Waals surface area contributed by atoms with Gasteiger partial charge in [-0.15, -0.1) is 16.4 Å². The fraction of sp³-hybridized carbons (Fsp3) is 0.429. The topological polar surface area (TPSA) is 72.7 Å². The van der Waals surface area contributed by atoms with Gasteiger partial charge in [0.1, 0.15) is 0 Å². The zero-order valence-corrected chi connectivity index (χ0v) is 18.7. The van der Waals surface area contributed by atoms with Crippen molar-refractivity contribution in [1.29, 1.82) is 0 Å². The van der Waals surface area contributed by atoms with Crippen LogP contribution in [0.1, 0.15) is 42.8 Å². The first-order chi connectivity index (χ1) is 14.0. The highest BCUT2D eigenvalue weighted by atomic mass is 32.2. The molecule has 0 radical (unpaired) electrons. The van der Waals surface area contributed by atoms with E-state index in [4.69, 9.17) is 0 Å². The Kier molecular flexibility index (Phi) is 7.83. The van der Waals surface area contributed by atoms with E-state index in [0.29, 0.717) is 17.6 Å². The maximum atomic E-state index is 12.4. The minimum atomic E-state index is -0.0361. The lowest BCUT2D eigenvalue weighted by Crippen LogP contribution is -2.28. The molecule has 29 heavy (non-hydrogen) atoms. The van der Waals surface area contributed by atoms with Gasteiger partial charge in [0.05, 0.1) is 18.3 Å². The lowest BCUT2D eigenvalue weighted by atomic mass is 10.00. The number of nitrogens with one attached hydrogen (secondary N) is 1. The highest BCUT2D eigenvalue weighted by molar-refractivity contribution is 7.99. The van der Waals surface area contributed by atoms with Crippen molar-refractivity contribution in [1.82, 2.24) is 25.5 Å². The average molecular weight is 430 g/mol. The molecule has 2 heterocycles. The first-order valence-electron chi connectivity index (χ1n) is 9.81. The molecular weight excluding hydrogens is 402 g/mol. The van der Waals surface area contributed by atoms with Gasteiger partial charge < -0.3 is 5.32 Å². The summed E-state index contributed by atoms with van der Waals surface area (Å²) in [5, 5.41) is 17.6. The number of carbonyl (C=O) groups is 1. The van der Waals surface area contributed by atoms with Gasteiger partial charge in [-0.2, -0.15) is 0 Å². The van der Waals surface area contributed by atoms with E-state index in [2.05, 4.69) is 70.4 Å². The Balaban J connectivity index is 1.46. The van der Waals surface area contributed by atoms with E-state index in [0.717, 1.165) is 18.4 Å². The van der Waals surface area contributed by atoms with E-state index in [-0.39, 0.29) is 17.7 Å². The first kappa shape index (κ1) is 21.5. The van der Waals surface area contributed by atoms with E-state index in [1.165, 1.54) is 22.2 Å². The van der Waals surface area contributed by atoms with Crippen molar-refractivity contribution in [2.24, 2.45) is 5.92 Å². The van der Waals surface area contributed by atoms with E-state index < -0.39 is 0 Å². The predicted molar refractivity (Wildman–Crippen MR) is 118 cm³/mol. The second-order valence-electron chi connectivity index (χ2n) is 7.43. The molecule has 154 valence electrons. The molecule has 0 saturated carbocycles. The van der Waals surface area contributed by atoms with Crippen molar-refractivity contribution in [2.75, 3.05) is 5.75 Å². The summed E-state index contributed by atoms with van der Waals surface area (Å²) in [6.07, 6.45) is 1.95. The van der Waals surface area contributed by atoms with Crippen LogP contribution in [0, 0.1) is 5.92 Å². The lowest BCUT2D eigenvalue weighted by Gasteiger charge is -2.15. The van der Waals surface area contributed by atoms with Crippen LogP contribution in [0.5, 0.6) is 0 Å². The van der Waals surface area contributed by atoms with Crippen LogP contribution in [0.25, 0.3) is 0 Å². The predicted octanol–water partition coefficient (Wildman–Crippen LogP) is 4.15. The Morgan fingerprint density at radius 2 is 2.00 bits per heavy atom. The van der Waals surface area contributed by atoms with Gasteiger partial charge in [0, 0.05) is 11.3 Å². The van der Waals surface area contributed by atoms with Crippen LogP contribution in [0.4, 0.5) is 0 Å². The largest absolute Gasteiger partial charge is 0.349 e. The number of thiophene rings is 1. The lowest BCUT2D eigenvalue weighted by molar-refractivity contribution is -0.119. The third-order valence-corrected chi connectivity index (χ3v) is 6.38. The number of nitrogens with zero attached hydrogens (tertiary/aromatic N) is 4. The molecule has 1 aromatic carbocycles. The summed E-state index contributed by atoms with van der Waals surface area (Å²) in [5.41, 5.74) is 2.43. The minimum absolute atomic E-state index is 0.0263. The molecule has 0 aliphatic rings. The Hall–Kier alpha value is -2.19. The quantitative estimate of drug-likeness (QED) is 0.490. The van der Waals surface area contributed by atoms with Crippen LogP contribution in [0.2, 0.25) is 0 Å². The fourth-order valence-electron chi connectivity index (χ4n) is 3.02. The van der Waals surface area contributed by atoms with Crippen molar-refractivity contribution in [2.45, 2.75) is 51.4 Å². The van der Waals surface area contributed by atoms with Gasteiger partial charge in [-0.05, 0) is 52.3 Å². The van der Waals surface area contributed by atoms with E-state index >= 15 is 0 Å². The number of aromatic nitrogens is 4. The van der Waals surface area contributed by atoms with Gasteiger partial charge >= 0.3 is 0 Å². The Morgan fingerprint density at radius 3 is 2.69 bits per heavy atom. The summed E-state index contributed by atoms with van der Waals surface area (Å²) in [6.45, 7) is 7.14. The Morgan fingerprint density at radius 1 is 1.21 bits per heavy atom. The Labute approximate surface area is 180 Å². The number of hydrogen-bond acceptors (Lipinski definition) is 6. The first-order valence-corrected chi connectivity index (χ1v) is 11.7. The summed E-state index contributed by atoms with van der Waals surface area (Å²) in [7, 11) is 0. The molecule has 1 N–H and O–H groups in total. The van der Waals surface area contributed by atoms with Crippen LogP contribution in [-0.4, -0.2) is 31.9 Å². The fourth-order valence-corrected chi connectivity index (χ4v) is 4.43. The van der Waals surface area contributed by atoms with Crippen molar-refractivity contribution in [3.05, 3.63) is 57.8 Å². The van der Waals surface area contributed by atoms with Crippen LogP contribution < -0.4 is 5.32 Å². The van der Waals surface area contributed by atoms with E-state index in [1.54, 1.807) is 16.0 Å². The molecule has 0 bridgehead atoms. The SMILES string of the molecule is CC(C)Cc1ccc([C@@H](C)NC(=O)CSc2nnnn2CCc2cccs2)cc1. The maximum Gasteiger partial charge on any atom is 0.230 e. The molecule has 0 aliphatic carbocycles. The molecule has 1 atom stereocenters. The zero-order chi connectivity index (χ0) is 20.6. The van der Waals surface area contributed by atoms with E-state index in [1.807, 2.05) is 13.0 Å². The molecule has 3 aromatic rings. The zero-order valence-electron chi connectivity index (χ0n) is 17.0. The van der Waals surface area contributed by atoms with Gasteiger partial charge in [-0.1, -0.05) is 55.9 Å². The number of carbonyl (C=O) groups excluding carboxylic acids is 1. The molecule has 6 nitrogen and oxygen atoms in total. The molecule has 0 fully saturated rings. The maximum absolute atomic E-state index is 12.4. The highest BCUT2D eigenvalue weighted by Gasteiger charge is 2.13. The number of tetrazole rings is 1. The normalized spacial score (nSPS) is 12.3. The summed E-state index contributed by atoms with van der Waals surface area (Å²) < 4.78 is 1.76. The van der Waals surface area contributed by atoms with Crippen LogP contribution in [-0.2, 0) is 24.2 Å². The molecule has 0 spiro atoms. The van der Waals surface area contributed by atoms with Gasteiger partial charge in [-0.25, -0.2) is 4.68 Å². The summed E-state index contributed by atoms with van der Waals surface area (Å²) in [4.78, 5) is 13.7. The molecule has 0 aliphatic heterocycles. The molecule has 3 rings (SSSR count). The van der Waals surface area contributed by atoms with Crippen LogP contribution in [0.3, 0.4) is 0 Å². The summed E-state index contributed by atoms with van der Waals surface area (Å²) in [5.74, 6) is 0.896. The second-order valence-corrected chi connectivity index (χ2v) is 9.41. The van der Waals surface area contributed by atoms with Gasteiger partial charge in [-0.3, -0.25) is 4.79 Å². The molecular formula is C21H27N5OS2. The minimum Gasteiger partial charge on any atom is -0.349 e. The summed E-state index contributed by atoms with van der Waals surface area (Å²) >= 11 is 3.09. The second kappa shape index (κ2) is 10.5. The number of thioether (sulfide) groups is 1. The van der Waals surface area contributed by atoms with Gasteiger partial charge in [0.2, 0.25) is 11.1 Å². The third kappa shape index (κ3) is 6.68. The molecule has 0 unspecified atom stereocenters. The number of amides is 1. The molecule has 8 heteroatoms. The number of rotatable bonds is 10. The highest BCUT2D eigenvalue weighted by Crippen LogP contribution is 2.18. The monoisotopic (exact) mass is 429 g/mol. The Bertz CT molecular complexity index is 890. The van der Waals surface area contributed by atoms with Crippen molar-refractivity contribution < 1.29 is 4.79 Å². The molecule has 0 saturated heterocycles. The van der Waals surface area contributed by atoms with Crippen molar-refractivity contribution in [3.63, 3.8) is 0 Å². The number of hydrogen-bond donors (Lipinski definition) is 1. The number of aryl methyl sites for hydroxylation is 2. The van der Waals surface area contributed by atoms with Gasteiger partial charge in [0.25, 0.3) is 0 Å².